The number of amides is 1. The zero-order valence-electron chi connectivity index (χ0n) is 20.3. The van der Waals surface area contributed by atoms with Crippen LogP contribution in [0.3, 0.4) is 0 Å². The number of aryl methyl sites for hydroxylation is 1. The van der Waals surface area contributed by atoms with Crippen molar-refractivity contribution < 1.29 is 9.53 Å². The lowest BCUT2D eigenvalue weighted by atomic mass is 10.00. The third-order valence-corrected chi connectivity index (χ3v) is 7.14. The molecule has 1 amide bonds. The molecule has 4 nitrogen and oxygen atoms in total. The lowest BCUT2D eigenvalue weighted by molar-refractivity contribution is 0.100. The Labute approximate surface area is 209 Å². The van der Waals surface area contributed by atoms with Gasteiger partial charge in [0.15, 0.2) is 0 Å². The van der Waals surface area contributed by atoms with Gasteiger partial charge in [-0.15, -0.1) is 0 Å². The summed E-state index contributed by atoms with van der Waals surface area (Å²) in [5.74, 6) is 0.408. The standard InChI is InChI=1S/C32H26N2O2/c1-20-10-11-23(26-7-4-3-6-25(20)26)19-34-29-9-5-8-28(32(33)35)31(29)27-17-14-22(18-30(27)34)21-12-15-24(36-2)16-13-21/h3-18H,19H2,1-2H3,(H2,33,35). The Kier molecular flexibility index (Phi) is 5.23. The molecule has 0 saturated heterocycles. The van der Waals surface area contributed by atoms with Gasteiger partial charge in [-0.3, -0.25) is 4.79 Å². The first-order chi connectivity index (χ1) is 17.5. The van der Waals surface area contributed by atoms with E-state index in [1.165, 1.54) is 21.9 Å². The highest BCUT2D eigenvalue weighted by Gasteiger charge is 2.18. The predicted molar refractivity (Wildman–Crippen MR) is 148 cm³/mol. The average Bonchev–Trinajstić information content (AvgIpc) is 3.23. The van der Waals surface area contributed by atoms with E-state index < -0.39 is 5.91 Å². The topological polar surface area (TPSA) is 57.2 Å². The Balaban J connectivity index is 1.62. The van der Waals surface area contributed by atoms with Gasteiger partial charge < -0.3 is 15.0 Å². The molecule has 4 heteroatoms. The van der Waals surface area contributed by atoms with Crippen molar-refractivity contribution in [1.82, 2.24) is 4.57 Å². The zero-order chi connectivity index (χ0) is 24.8. The molecule has 0 saturated carbocycles. The highest BCUT2D eigenvalue weighted by molar-refractivity contribution is 6.18. The Hall–Kier alpha value is -4.57. The highest BCUT2D eigenvalue weighted by Crippen LogP contribution is 2.36. The van der Waals surface area contributed by atoms with Crippen LogP contribution in [0.4, 0.5) is 0 Å². The molecule has 36 heavy (non-hydrogen) atoms. The number of primary amides is 1. The third kappa shape index (κ3) is 3.50. The molecule has 1 heterocycles. The number of benzene rings is 5. The summed E-state index contributed by atoms with van der Waals surface area (Å²) in [5, 5.41) is 4.42. The molecular formula is C32H26N2O2. The van der Waals surface area contributed by atoms with Gasteiger partial charge >= 0.3 is 0 Å². The molecule has 0 aliphatic rings. The number of nitrogens with zero attached hydrogens (tertiary/aromatic N) is 1. The molecule has 0 radical (unpaired) electrons. The van der Waals surface area contributed by atoms with Gasteiger partial charge in [0.2, 0.25) is 5.91 Å². The summed E-state index contributed by atoms with van der Waals surface area (Å²) >= 11 is 0. The molecule has 0 fully saturated rings. The first-order valence-corrected chi connectivity index (χ1v) is 12.0. The van der Waals surface area contributed by atoms with E-state index in [9.17, 15) is 4.79 Å². The van der Waals surface area contributed by atoms with Crippen LogP contribution in [0.1, 0.15) is 21.5 Å². The number of aromatic nitrogens is 1. The summed E-state index contributed by atoms with van der Waals surface area (Å²) in [4.78, 5) is 12.4. The second-order valence-corrected chi connectivity index (χ2v) is 9.20. The van der Waals surface area contributed by atoms with Crippen LogP contribution in [0.2, 0.25) is 0 Å². The molecular weight excluding hydrogens is 444 g/mol. The van der Waals surface area contributed by atoms with Crippen molar-refractivity contribution in [2.75, 3.05) is 7.11 Å². The first-order valence-electron chi connectivity index (χ1n) is 12.0. The minimum Gasteiger partial charge on any atom is -0.497 e. The SMILES string of the molecule is COc1ccc(-c2ccc3c4c(C(N)=O)cccc4n(Cc4ccc(C)c5ccccc45)c3c2)cc1. The number of nitrogens with two attached hydrogens (primary N) is 1. The van der Waals surface area contributed by atoms with E-state index in [0.717, 1.165) is 38.7 Å². The molecule has 176 valence electrons. The van der Waals surface area contributed by atoms with Crippen LogP contribution in [-0.2, 0) is 6.54 Å². The summed E-state index contributed by atoms with van der Waals surface area (Å²) in [6.45, 7) is 2.82. The fourth-order valence-electron chi connectivity index (χ4n) is 5.30. The quantitative estimate of drug-likeness (QED) is 0.293. The monoisotopic (exact) mass is 470 g/mol. The van der Waals surface area contributed by atoms with Crippen LogP contribution in [0.5, 0.6) is 5.75 Å². The molecule has 5 aromatic carbocycles. The molecule has 2 N–H and O–H groups in total. The molecule has 0 bridgehead atoms. The van der Waals surface area contributed by atoms with E-state index in [1.54, 1.807) is 7.11 Å². The molecule has 6 rings (SSSR count). The Morgan fingerprint density at radius 2 is 1.53 bits per heavy atom. The summed E-state index contributed by atoms with van der Waals surface area (Å²) < 4.78 is 7.64. The van der Waals surface area contributed by atoms with Crippen LogP contribution >= 0.6 is 0 Å². The number of carbonyl (C=O) groups excluding carboxylic acids is 1. The van der Waals surface area contributed by atoms with Crippen LogP contribution in [0.25, 0.3) is 43.7 Å². The maximum Gasteiger partial charge on any atom is 0.249 e. The molecule has 0 aliphatic carbocycles. The Morgan fingerprint density at radius 1 is 0.778 bits per heavy atom. The first kappa shape index (κ1) is 21.9. The van der Waals surface area contributed by atoms with Crippen molar-refractivity contribution >= 4 is 38.5 Å². The minimum absolute atomic E-state index is 0.417. The predicted octanol–water partition coefficient (Wildman–Crippen LogP) is 7.08. The number of rotatable bonds is 5. The van der Waals surface area contributed by atoms with Crippen molar-refractivity contribution in [3.8, 4) is 16.9 Å². The summed E-state index contributed by atoms with van der Waals surface area (Å²) in [5.41, 5.74) is 13.1. The summed E-state index contributed by atoms with van der Waals surface area (Å²) in [6, 6.07) is 33.2. The van der Waals surface area contributed by atoms with Crippen molar-refractivity contribution in [1.29, 1.82) is 0 Å². The third-order valence-electron chi connectivity index (χ3n) is 7.14. The van der Waals surface area contributed by atoms with Gasteiger partial charge in [-0.05, 0) is 70.3 Å². The second-order valence-electron chi connectivity index (χ2n) is 9.20. The van der Waals surface area contributed by atoms with Gasteiger partial charge in [-0.1, -0.05) is 66.7 Å². The fraction of sp³-hybridized carbons (Fsp3) is 0.0938. The lowest BCUT2D eigenvalue weighted by Crippen LogP contribution is -2.11. The number of fused-ring (bicyclic) bond motifs is 4. The van der Waals surface area contributed by atoms with E-state index in [0.29, 0.717) is 12.1 Å². The second kappa shape index (κ2) is 8.58. The van der Waals surface area contributed by atoms with Crippen LogP contribution in [-0.4, -0.2) is 17.6 Å². The van der Waals surface area contributed by atoms with E-state index in [-0.39, 0.29) is 0 Å². The van der Waals surface area contributed by atoms with Crippen LogP contribution in [0.15, 0.2) is 97.1 Å². The van der Waals surface area contributed by atoms with Gasteiger partial charge in [-0.2, -0.15) is 0 Å². The van der Waals surface area contributed by atoms with Crippen molar-refractivity contribution in [2.45, 2.75) is 13.5 Å². The van der Waals surface area contributed by atoms with Crippen LogP contribution < -0.4 is 10.5 Å². The number of hydrogen-bond acceptors (Lipinski definition) is 2. The largest absolute Gasteiger partial charge is 0.497 e. The van der Waals surface area contributed by atoms with E-state index in [1.807, 2.05) is 24.3 Å². The maximum atomic E-state index is 12.4. The molecule has 0 unspecified atom stereocenters. The minimum atomic E-state index is -0.417. The maximum absolute atomic E-state index is 12.4. The van der Waals surface area contributed by atoms with E-state index in [4.69, 9.17) is 10.5 Å². The van der Waals surface area contributed by atoms with Gasteiger partial charge in [0.1, 0.15) is 5.75 Å². The smallest absolute Gasteiger partial charge is 0.249 e. The molecule has 0 spiro atoms. The number of methoxy groups -OCH3 is 1. The van der Waals surface area contributed by atoms with E-state index in [2.05, 4.69) is 84.3 Å². The van der Waals surface area contributed by atoms with Crippen molar-refractivity contribution in [2.24, 2.45) is 5.73 Å². The summed E-state index contributed by atoms with van der Waals surface area (Å²) in [7, 11) is 1.67. The van der Waals surface area contributed by atoms with E-state index >= 15 is 0 Å². The van der Waals surface area contributed by atoms with Crippen molar-refractivity contribution in [3.63, 3.8) is 0 Å². The molecule has 0 atom stereocenters. The molecule has 0 aliphatic heterocycles. The highest BCUT2D eigenvalue weighted by atomic mass is 16.5. The molecule has 1 aromatic heterocycles. The Morgan fingerprint density at radius 3 is 2.28 bits per heavy atom. The Bertz CT molecular complexity index is 1780. The van der Waals surface area contributed by atoms with Gasteiger partial charge in [0.25, 0.3) is 0 Å². The molecule has 6 aromatic rings. The van der Waals surface area contributed by atoms with Gasteiger partial charge in [-0.25, -0.2) is 0 Å². The normalized spacial score (nSPS) is 11.4. The van der Waals surface area contributed by atoms with Crippen LogP contribution in [0, 0.1) is 6.92 Å². The van der Waals surface area contributed by atoms with Gasteiger partial charge in [0.05, 0.1) is 18.1 Å². The number of carbonyl (C=O) groups is 1. The van der Waals surface area contributed by atoms with Crippen molar-refractivity contribution in [3.05, 3.63) is 114 Å². The average molecular weight is 471 g/mol. The number of hydrogen-bond donors (Lipinski definition) is 1. The summed E-state index contributed by atoms with van der Waals surface area (Å²) in [6.07, 6.45) is 0. The van der Waals surface area contributed by atoms with Gasteiger partial charge in [0, 0.05) is 22.9 Å². The lowest BCUT2D eigenvalue weighted by Gasteiger charge is -2.13. The zero-order valence-corrected chi connectivity index (χ0v) is 20.3. The fourth-order valence-corrected chi connectivity index (χ4v) is 5.30. The number of ether oxygens (including phenoxy) is 1.